The van der Waals surface area contributed by atoms with Gasteiger partial charge in [0.15, 0.2) is 6.29 Å². The van der Waals surface area contributed by atoms with Crippen molar-refractivity contribution in [3.05, 3.63) is 59.7 Å². The molecule has 1 saturated heterocycles. The van der Waals surface area contributed by atoms with E-state index in [0.717, 1.165) is 16.8 Å². The predicted molar refractivity (Wildman–Crippen MR) is 86.4 cm³/mol. The number of anilines is 1. The molecule has 2 aromatic rings. The first kappa shape index (κ1) is 15.5. The zero-order valence-electron chi connectivity index (χ0n) is 13.0. The van der Waals surface area contributed by atoms with Gasteiger partial charge in [0.05, 0.1) is 26.7 Å². The minimum Gasteiger partial charge on any atom is -0.496 e. The monoisotopic (exact) mass is 313 g/mol. The van der Waals surface area contributed by atoms with Gasteiger partial charge in [-0.3, -0.25) is 4.79 Å². The summed E-state index contributed by atoms with van der Waals surface area (Å²) in [6.45, 7) is 1.23. The van der Waals surface area contributed by atoms with E-state index in [4.69, 9.17) is 14.2 Å². The Morgan fingerprint density at radius 2 is 1.83 bits per heavy atom. The van der Waals surface area contributed by atoms with Gasteiger partial charge < -0.3 is 19.5 Å². The van der Waals surface area contributed by atoms with Crippen molar-refractivity contribution in [1.82, 2.24) is 0 Å². The number of para-hydroxylation sites is 1. The Hall–Kier alpha value is -2.37. The zero-order valence-corrected chi connectivity index (χ0v) is 13.0. The van der Waals surface area contributed by atoms with Crippen LogP contribution in [0.25, 0.3) is 0 Å². The van der Waals surface area contributed by atoms with Crippen molar-refractivity contribution in [2.75, 3.05) is 25.6 Å². The molecule has 120 valence electrons. The molecule has 5 nitrogen and oxygen atoms in total. The molecule has 1 heterocycles. The van der Waals surface area contributed by atoms with Gasteiger partial charge in [0.25, 0.3) is 0 Å². The van der Waals surface area contributed by atoms with Gasteiger partial charge in [-0.05, 0) is 18.2 Å². The average Bonchev–Trinajstić information content (AvgIpc) is 3.10. The summed E-state index contributed by atoms with van der Waals surface area (Å²) < 4.78 is 16.1. The highest BCUT2D eigenvalue weighted by atomic mass is 16.7. The SMILES string of the molecule is COc1ccccc1CC(=O)Nc1ccc(C2OCCO2)cc1. The Balaban J connectivity index is 1.61. The molecule has 1 fully saturated rings. The zero-order chi connectivity index (χ0) is 16.1. The summed E-state index contributed by atoms with van der Waals surface area (Å²) in [6, 6.07) is 15.0. The first-order valence-corrected chi connectivity index (χ1v) is 7.51. The standard InChI is InChI=1S/C18H19NO4/c1-21-16-5-3-2-4-14(16)12-17(20)19-15-8-6-13(7-9-15)18-22-10-11-23-18/h2-9,18H,10-12H2,1H3,(H,19,20). The quantitative estimate of drug-likeness (QED) is 0.922. The molecule has 0 atom stereocenters. The van der Waals surface area contributed by atoms with Crippen molar-refractivity contribution < 1.29 is 19.0 Å². The van der Waals surface area contributed by atoms with E-state index in [-0.39, 0.29) is 18.6 Å². The van der Waals surface area contributed by atoms with Crippen molar-refractivity contribution in [3.63, 3.8) is 0 Å². The van der Waals surface area contributed by atoms with Crippen LogP contribution in [-0.2, 0) is 20.7 Å². The molecule has 1 N–H and O–H groups in total. The van der Waals surface area contributed by atoms with Crippen molar-refractivity contribution in [3.8, 4) is 5.75 Å². The van der Waals surface area contributed by atoms with Gasteiger partial charge in [-0.15, -0.1) is 0 Å². The molecule has 0 spiro atoms. The molecule has 1 aliphatic rings. The second kappa shape index (κ2) is 7.26. The molecule has 2 aromatic carbocycles. The fourth-order valence-corrected chi connectivity index (χ4v) is 2.50. The summed E-state index contributed by atoms with van der Waals surface area (Å²) in [6.07, 6.45) is -0.0333. The summed E-state index contributed by atoms with van der Waals surface area (Å²) >= 11 is 0. The number of rotatable bonds is 5. The minimum atomic E-state index is -0.298. The number of nitrogens with one attached hydrogen (secondary N) is 1. The van der Waals surface area contributed by atoms with Crippen molar-refractivity contribution in [2.24, 2.45) is 0 Å². The number of benzene rings is 2. The highest BCUT2D eigenvalue weighted by Crippen LogP contribution is 2.24. The van der Waals surface area contributed by atoms with E-state index in [1.807, 2.05) is 48.5 Å². The lowest BCUT2D eigenvalue weighted by atomic mass is 10.1. The van der Waals surface area contributed by atoms with Crippen LogP contribution in [0.4, 0.5) is 5.69 Å². The van der Waals surface area contributed by atoms with E-state index >= 15 is 0 Å². The van der Waals surface area contributed by atoms with Crippen molar-refractivity contribution >= 4 is 11.6 Å². The van der Waals surface area contributed by atoms with E-state index < -0.39 is 0 Å². The summed E-state index contributed by atoms with van der Waals surface area (Å²) in [5, 5.41) is 2.88. The van der Waals surface area contributed by atoms with Crippen molar-refractivity contribution in [1.29, 1.82) is 0 Å². The van der Waals surface area contributed by atoms with Crippen LogP contribution < -0.4 is 10.1 Å². The number of hydrogen-bond acceptors (Lipinski definition) is 4. The number of ether oxygens (including phenoxy) is 3. The van der Waals surface area contributed by atoms with Crippen LogP contribution in [0.5, 0.6) is 5.75 Å². The lowest BCUT2D eigenvalue weighted by Gasteiger charge is -2.11. The van der Waals surface area contributed by atoms with Crippen LogP contribution in [0.3, 0.4) is 0 Å². The number of carbonyl (C=O) groups is 1. The number of carbonyl (C=O) groups excluding carboxylic acids is 1. The molecule has 23 heavy (non-hydrogen) atoms. The maximum absolute atomic E-state index is 12.2. The van der Waals surface area contributed by atoms with E-state index in [9.17, 15) is 4.79 Å². The Kier molecular flexibility index (Phi) is 4.90. The summed E-state index contributed by atoms with van der Waals surface area (Å²) in [5.41, 5.74) is 2.55. The molecule has 0 aliphatic carbocycles. The van der Waals surface area contributed by atoms with Gasteiger partial charge in [-0.25, -0.2) is 0 Å². The van der Waals surface area contributed by atoms with Crippen molar-refractivity contribution in [2.45, 2.75) is 12.7 Å². The summed E-state index contributed by atoms with van der Waals surface area (Å²) in [4.78, 5) is 12.2. The normalized spacial score (nSPS) is 14.7. The van der Waals surface area contributed by atoms with Gasteiger partial charge in [-0.1, -0.05) is 30.3 Å². The van der Waals surface area contributed by atoms with Crippen LogP contribution in [0.2, 0.25) is 0 Å². The maximum Gasteiger partial charge on any atom is 0.228 e. The molecule has 1 aliphatic heterocycles. The van der Waals surface area contributed by atoms with E-state index in [1.165, 1.54) is 0 Å². The molecule has 1 amide bonds. The van der Waals surface area contributed by atoms with Crippen LogP contribution in [0, 0.1) is 0 Å². The lowest BCUT2D eigenvalue weighted by Crippen LogP contribution is -2.15. The van der Waals surface area contributed by atoms with Crippen LogP contribution in [0.15, 0.2) is 48.5 Å². The third-order valence-electron chi connectivity index (χ3n) is 3.63. The van der Waals surface area contributed by atoms with Crippen LogP contribution in [-0.4, -0.2) is 26.2 Å². The highest BCUT2D eigenvalue weighted by molar-refractivity contribution is 5.92. The molecule has 0 aromatic heterocycles. The van der Waals surface area contributed by atoms with Crippen LogP contribution in [0.1, 0.15) is 17.4 Å². The largest absolute Gasteiger partial charge is 0.496 e. The molecule has 3 rings (SSSR count). The highest BCUT2D eigenvalue weighted by Gasteiger charge is 2.18. The Morgan fingerprint density at radius 1 is 1.13 bits per heavy atom. The van der Waals surface area contributed by atoms with Gasteiger partial charge >= 0.3 is 0 Å². The summed E-state index contributed by atoms with van der Waals surface area (Å²) in [5.74, 6) is 0.629. The molecule has 5 heteroatoms. The average molecular weight is 313 g/mol. The van der Waals surface area contributed by atoms with E-state index in [1.54, 1.807) is 7.11 Å². The Morgan fingerprint density at radius 3 is 2.52 bits per heavy atom. The lowest BCUT2D eigenvalue weighted by molar-refractivity contribution is -0.115. The fourth-order valence-electron chi connectivity index (χ4n) is 2.50. The number of hydrogen-bond donors (Lipinski definition) is 1. The number of amides is 1. The molecule has 0 saturated carbocycles. The smallest absolute Gasteiger partial charge is 0.228 e. The van der Waals surface area contributed by atoms with Gasteiger partial charge in [0, 0.05) is 16.8 Å². The maximum atomic E-state index is 12.2. The van der Waals surface area contributed by atoms with E-state index in [0.29, 0.717) is 19.0 Å². The van der Waals surface area contributed by atoms with Crippen LogP contribution >= 0.6 is 0 Å². The summed E-state index contributed by atoms with van der Waals surface area (Å²) in [7, 11) is 1.60. The first-order chi connectivity index (χ1) is 11.3. The molecule has 0 unspecified atom stereocenters. The third-order valence-corrected chi connectivity index (χ3v) is 3.63. The Labute approximate surface area is 135 Å². The number of methoxy groups -OCH3 is 1. The Bertz CT molecular complexity index is 663. The molecular formula is C18H19NO4. The molecule has 0 bridgehead atoms. The third kappa shape index (κ3) is 3.88. The van der Waals surface area contributed by atoms with Gasteiger partial charge in [-0.2, -0.15) is 0 Å². The fraction of sp³-hybridized carbons (Fsp3) is 0.278. The van der Waals surface area contributed by atoms with E-state index in [2.05, 4.69) is 5.32 Å². The van der Waals surface area contributed by atoms with Gasteiger partial charge in [0.2, 0.25) is 5.91 Å². The van der Waals surface area contributed by atoms with Gasteiger partial charge in [0.1, 0.15) is 5.75 Å². The predicted octanol–water partition coefficient (Wildman–Crippen LogP) is 2.92. The molecule has 0 radical (unpaired) electrons. The second-order valence-corrected chi connectivity index (χ2v) is 5.23. The molecular weight excluding hydrogens is 294 g/mol. The minimum absolute atomic E-state index is 0.0874. The second-order valence-electron chi connectivity index (χ2n) is 5.23. The topological polar surface area (TPSA) is 56.8 Å². The first-order valence-electron chi connectivity index (χ1n) is 7.51.